The van der Waals surface area contributed by atoms with E-state index in [4.69, 9.17) is 0 Å². The van der Waals surface area contributed by atoms with Crippen LogP contribution in [0.2, 0.25) is 0 Å². The van der Waals surface area contributed by atoms with Gasteiger partial charge in [0.25, 0.3) is 5.91 Å². The van der Waals surface area contributed by atoms with Crippen molar-refractivity contribution in [2.45, 2.75) is 32.2 Å². The first-order valence-corrected chi connectivity index (χ1v) is 8.97. The van der Waals surface area contributed by atoms with E-state index < -0.39 is 0 Å². The summed E-state index contributed by atoms with van der Waals surface area (Å²) < 4.78 is 1.11. The lowest BCUT2D eigenvalue weighted by molar-refractivity contribution is 0.0620. The average Bonchev–Trinajstić information content (AvgIpc) is 2.98. The molecule has 3 fully saturated rings. The third-order valence-electron chi connectivity index (χ3n) is 4.97. The largest absolute Gasteiger partial charge is 0.348 e. The van der Waals surface area contributed by atoms with Crippen molar-refractivity contribution < 1.29 is 4.79 Å². The van der Waals surface area contributed by atoms with E-state index in [9.17, 15) is 4.79 Å². The summed E-state index contributed by atoms with van der Waals surface area (Å²) in [6.07, 6.45) is 3.39. The van der Waals surface area contributed by atoms with Crippen LogP contribution in [0.15, 0.2) is 18.2 Å². The molecule has 0 aliphatic carbocycles. The number of carbonyl (C=O) groups excluding carboxylic acids is 1. The molecule has 0 radical (unpaired) electrons. The minimum atomic E-state index is 0.0621. The van der Waals surface area contributed by atoms with Crippen molar-refractivity contribution in [1.29, 1.82) is 0 Å². The molecule has 2 aromatic rings. The molecule has 3 aliphatic heterocycles. The first kappa shape index (κ1) is 14.2. The van der Waals surface area contributed by atoms with Gasteiger partial charge in [-0.2, -0.15) is 0 Å². The Balaban J connectivity index is 1.52. The lowest BCUT2D eigenvalue weighted by atomic mass is 9.84. The first-order valence-electron chi connectivity index (χ1n) is 8.15. The molecule has 5 rings (SSSR count). The topological polar surface area (TPSA) is 45.2 Å². The van der Waals surface area contributed by atoms with E-state index in [0.717, 1.165) is 33.8 Å². The van der Waals surface area contributed by atoms with Crippen molar-refractivity contribution >= 4 is 27.5 Å². The first-order chi connectivity index (χ1) is 10.7. The second kappa shape index (κ2) is 5.63. The second-order valence-electron chi connectivity index (χ2n) is 6.36. The van der Waals surface area contributed by atoms with E-state index in [1.165, 1.54) is 25.9 Å². The predicted molar refractivity (Wildman–Crippen MR) is 89.4 cm³/mol. The Kier molecular flexibility index (Phi) is 3.62. The van der Waals surface area contributed by atoms with Gasteiger partial charge in [0, 0.05) is 18.2 Å². The lowest BCUT2D eigenvalue weighted by Crippen LogP contribution is -2.57. The minimum Gasteiger partial charge on any atom is -0.348 e. The van der Waals surface area contributed by atoms with Crippen LogP contribution < -0.4 is 5.32 Å². The number of carbonyl (C=O) groups is 1. The molecule has 1 aromatic carbocycles. The van der Waals surface area contributed by atoms with Crippen molar-refractivity contribution in [3.8, 4) is 0 Å². The maximum atomic E-state index is 12.6. The molecule has 5 heteroatoms. The highest BCUT2D eigenvalue weighted by Crippen LogP contribution is 2.28. The van der Waals surface area contributed by atoms with Gasteiger partial charge in [-0.1, -0.05) is 6.92 Å². The number of rotatable bonds is 3. The van der Waals surface area contributed by atoms with Crippen molar-refractivity contribution in [2.24, 2.45) is 5.92 Å². The Morgan fingerprint density at radius 1 is 1.41 bits per heavy atom. The van der Waals surface area contributed by atoms with E-state index in [1.807, 2.05) is 18.2 Å². The van der Waals surface area contributed by atoms with Crippen LogP contribution in [0, 0.1) is 5.92 Å². The maximum Gasteiger partial charge on any atom is 0.251 e. The van der Waals surface area contributed by atoms with E-state index in [-0.39, 0.29) is 5.91 Å². The van der Waals surface area contributed by atoms with Gasteiger partial charge in [0.1, 0.15) is 0 Å². The minimum absolute atomic E-state index is 0.0621. The predicted octanol–water partition coefficient (Wildman–Crippen LogP) is 2.68. The summed E-state index contributed by atoms with van der Waals surface area (Å²) in [7, 11) is 0. The number of benzene rings is 1. The molecule has 1 aromatic heterocycles. The van der Waals surface area contributed by atoms with Gasteiger partial charge in [0.05, 0.1) is 15.2 Å². The zero-order valence-electron chi connectivity index (χ0n) is 12.8. The van der Waals surface area contributed by atoms with Crippen LogP contribution in [0.4, 0.5) is 0 Å². The fourth-order valence-corrected chi connectivity index (χ4v) is 4.59. The quantitative estimate of drug-likeness (QED) is 0.947. The molecular formula is C17H21N3OS. The zero-order valence-corrected chi connectivity index (χ0v) is 13.7. The summed E-state index contributed by atoms with van der Waals surface area (Å²) in [6, 6.07) is 6.18. The number of fused-ring (bicyclic) bond motifs is 4. The standard InChI is InChI=1S/C17H21N3OS/c1-2-16-18-13-4-3-12(9-15(13)22-16)17(21)19-14-10-20-7-5-11(14)6-8-20/h3-4,9,11,14H,2,5-8,10H2,1H3,(H,19,21)/t14-/m0/s1. The number of hydrogen-bond donors (Lipinski definition) is 1. The van der Waals surface area contributed by atoms with Gasteiger partial charge in [-0.15, -0.1) is 11.3 Å². The molecule has 1 amide bonds. The molecule has 2 bridgehead atoms. The van der Waals surface area contributed by atoms with Gasteiger partial charge in [0.2, 0.25) is 0 Å². The molecule has 4 nitrogen and oxygen atoms in total. The number of nitrogens with zero attached hydrogens (tertiary/aromatic N) is 2. The highest BCUT2D eigenvalue weighted by atomic mass is 32.1. The Labute approximate surface area is 134 Å². The summed E-state index contributed by atoms with van der Waals surface area (Å²) >= 11 is 1.69. The van der Waals surface area contributed by atoms with Crippen molar-refractivity contribution in [2.75, 3.05) is 19.6 Å². The number of thiazole rings is 1. The van der Waals surface area contributed by atoms with Gasteiger partial charge in [0.15, 0.2) is 0 Å². The zero-order chi connectivity index (χ0) is 15.1. The van der Waals surface area contributed by atoms with Crippen LogP contribution in [0.5, 0.6) is 0 Å². The third-order valence-corrected chi connectivity index (χ3v) is 6.13. The number of piperidine rings is 3. The van der Waals surface area contributed by atoms with E-state index in [2.05, 4.69) is 22.1 Å². The fraction of sp³-hybridized carbons (Fsp3) is 0.529. The summed E-state index contributed by atoms with van der Waals surface area (Å²) in [4.78, 5) is 19.6. The highest BCUT2D eigenvalue weighted by Gasteiger charge is 2.34. The van der Waals surface area contributed by atoms with Gasteiger partial charge in [-0.25, -0.2) is 4.98 Å². The SMILES string of the molecule is CCc1nc2ccc(C(=O)N[C@H]3CN4CCC3CC4)cc2s1. The molecule has 0 unspecified atom stereocenters. The van der Waals surface area contributed by atoms with E-state index in [1.54, 1.807) is 11.3 Å². The average molecular weight is 315 g/mol. The Bertz CT molecular complexity index is 703. The molecule has 0 saturated carbocycles. The number of nitrogens with one attached hydrogen (secondary N) is 1. The summed E-state index contributed by atoms with van der Waals surface area (Å²) in [5, 5.41) is 4.39. The van der Waals surface area contributed by atoms with Crippen LogP contribution in [-0.2, 0) is 6.42 Å². The van der Waals surface area contributed by atoms with Gasteiger partial charge >= 0.3 is 0 Å². The van der Waals surface area contributed by atoms with Crippen LogP contribution in [-0.4, -0.2) is 41.5 Å². The monoisotopic (exact) mass is 315 g/mol. The fourth-order valence-electron chi connectivity index (χ4n) is 3.65. The molecule has 116 valence electrons. The summed E-state index contributed by atoms with van der Waals surface area (Å²) in [5.41, 5.74) is 1.76. The molecule has 4 heterocycles. The molecule has 1 atom stereocenters. The number of hydrogen-bond acceptors (Lipinski definition) is 4. The lowest BCUT2D eigenvalue weighted by Gasteiger charge is -2.44. The Morgan fingerprint density at radius 2 is 2.23 bits per heavy atom. The molecule has 1 N–H and O–H groups in total. The molecular weight excluding hydrogens is 294 g/mol. The summed E-state index contributed by atoms with van der Waals surface area (Å²) in [6.45, 7) is 5.52. The van der Waals surface area contributed by atoms with Crippen molar-refractivity contribution in [3.05, 3.63) is 28.8 Å². The van der Waals surface area contributed by atoms with E-state index >= 15 is 0 Å². The van der Waals surface area contributed by atoms with Crippen molar-refractivity contribution in [3.63, 3.8) is 0 Å². The number of aromatic nitrogens is 1. The molecule has 0 spiro atoms. The molecule has 3 saturated heterocycles. The molecule has 22 heavy (non-hydrogen) atoms. The Hall–Kier alpha value is -1.46. The van der Waals surface area contributed by atoms with Crippen LogP contribution >= 0.6 is 11.3 Å². The Morgan fingerprint density at radius 3 is 2.91 bits per heavy atom. The highest BCUT2D eigenvalue weighted by molar-refractivity contribution is 7.18. The maximum absolute atomic E-state index is 12.6. The number of amides is 1. The second-order valence-corrected chi connectivity index (χ2v) is 7.48. The molecule has 3 aliphatic rings. The number of aryl methyl sites for hydroxylation is 1. The van der Waals surface area contributed by atoms with Gasteiger partial charge in [-0.3, -0.25) is 4.79 Å². The van der Waals surface area contributed by atoms with Crippen molar-refractivity contribution in [1.82, 2.24) is 15.2 Å². The van der Waals surface area contributed by atoms with Gasteiger partial charge in [-0.05, 0) is 56.5 Å². The van der Waals surface area contributed by atoms with Crippen LogP contribution in [0.1, 0.15) is 35.1 Å². The van der Waals surface area contributed by atoms with Gasteiger partial charge < -0.3 is 10.2 Å². The smallest absolute Gasteiger partial charge is 0.251 e. The van der Waals surface area contributed by atoms with Crippen LogP contribution in [0.3, 0.4) is 0 Å². The van der Waals surface area contributed by atoms with Crippen LogP contribution in [0.25, 0.3) is 10.2 Å². The normalized spacial score (nSPS) is 27.2. The van der Waals surface area contributed by atoms with E-state index in [0.29, 0.717) is 12.0 Å². The third kappa shape index (κ3) is 2.52. The summed E-state index contributed by atoms with van der Waals surface area (Å²) in [5.74, 6) is 0.722.